The molecule has 410 valence electrons. The van der Waals surface area contributed by atoms with Crippen molar-refractivity contribution in [1.29, 1.82) is 0 Å². The molecule has 0 bridgehead atoms. The lowest BCUT2D eigenvalue weighted by molar-refractivity contribution is -0.154. The Morgan fingerprint density at radius 3 is 1.51 bits per heavy atom. The average Bonchev–Trinajstić information content (AvgIpc) is 3.80. The molecule has 2 aromatic carbocycles. The van der Waals surface area contributed by atoms with Gasteiger partial charge < -0.3 is 61.9 Å². The van der Waals surface area contributed by atoms with Crippen LogP contribution in [0.2, 0.25) is 0 Å². The zero-order valence-corrected chi connectivity index (χ0v) is 42.7. The fourth-order valence-electron chi connectivity index (χ4n) is 7.86. The van der Waals surface area contributed by atoms with E-state index >= 15 is 0 Å². The highest BCUT2D eigenvalue weighted by Gasteiger charge is 2.45. The van der Waals surface area contributed by atoms with Crippen molar-refractivity contribution in [2.75, 3.05) is 41.0 Å². The lowest BCUT2D eigenvalue weighted by Gasteiger charge is -2.23. The van der Waals surface area contributed by atoms with E-state index in [9.17, 15) is 45.8 Å². The summed E-state index contributed by atoms with van der Waals surface area (Å²) in [4.78, 5) is 39.4. The Balaban J connectivity index is 0.000000274. The van der Waals surface area contributed by atoms with E-state index in [1.165, 1.54) is 50.6 Å². The molecule has 9 atom stereocenters. The maximum absolute atomic E-state index is 13.3. The fraction of sp³-hybridized carbons (Fsp3) is 0.558. The van der Waals surface area contributed by atoms with Crippen molar-refractivity contribution >= 4 is 29.9 Å². The van der Waals surface area contributed by atoms with Crippen LogP contribution in [0.5, 0.6) is 23.0 Å². The van der Waals surface area contributed by atoms with Crippen LogP contribution in [0.25, 0.3) is 12.2 Å². The summed E-state index contributed by atoms with van der Waals surface area (Å²) in [6.45, 7) is 10.2. The summed E-state index contributed by atoms with van der Waals surface area (Å²) in [6, 6.07) is 4.97. The number of benzene rings is 2. The highest BCUT2D eigenvalue weighted by atomic mass is 19.4. The van der Waals surface area contributed by atoms with Gasteiger partial charge in [-0.05, 0) is 83.7 Å². The molecule has 0 spiro atoms. The molecule has 4 heterocycles. The molecular formula is C52H64F6O16. The second kappa shape index (κ2) is 25.4. The van der Waals surface area contributed by atoms with Crippen molar-refractivity contribution in [3.05, 3.63) is 83.0 Å². The number of ketones is 1. The van der Waals surface area contributed by atoms with Gasteiger partial charge in [0.1, 0.15) is 64.6 Å². The van der Waals surface area contributed by atoms with E-state index in [2.05, 4.69) is 0 Å². The first-order valence-corrected chi connectivity index (χ1v) is 23.6. The van der Waals surface area contributed by atoms with Crippen LogP contribution in [0.1, 0.15) is 100 Å². The number of hydrogen-bond acceptors (Lipinski definition) is 16. The Bertz CT molecular complexity index is 2380. The molecule has 22 heteroatoms. The van der Waals surface area contributed by atoms with Gasteiger partial charge in [-0.2, -0.15) is 26.3 Å². The lowest BCUT2D eigenvalue weighted by Crippen LogP contribution is -2.34. The van der Waals surface area contributed by atoms with Gasteiger partial charge in [-0.25, -0.2) is 9.59 Å². The van der Waals surface area contributed by atoms with Gasteiger partial charge in [-0.15, -0.1) is 0 Å². The van der Waals surface area contributed by atoms with E-state index in [-0.39, 0.29) is 89.3 Å². The number of halogens is 6. The number of carbonyl (C=O) groups is 3. The van der Waals surface area contributed by atoms with Crippen LogP contribution in [-0.4, -0.2) is 131 Å². The van der Waals surface area contributed by atoms with Crippen LogP contribution in [0, 0.1) is 11.8 Å². The number of alkyl halides is 6. The van der Waals surface area contributed by atoms with Gasteiger partial charge in [-0.3, -0.25) is 4.79 Å². The normalized spacial score (nSPS) is 28.9. The molecule has 0 aromatic heterocycles. The maximum Gasteiger partial charge on any atom is 0.422 e. The third kappa shape index (κ3) is 17.3. The third-order valence-electron chi connectivity index (χ3n) is 11.7. The van der Waals surface area contributed by atoms with Gasteiger partial charge in [0.2, 0.25) is 0 Å². The smallest absolute Gasteiger partial charge is 0.422 e. The maximum atomic E-state index is 13.3. The topological polar surface area (TPSA) is 182 Å². The van der Waals surface area contributed by atoms with Crippen LogP contribution in [0.3, 0.4) is 0 Å². The molecule has 1 unspecified atom stereocenters. The summed E-state index contributed by atoms with van der Waals surface area (Å²) in [7, 11) is 2.73. The van der Waals surface area contributed by atoms with Crippen molar-refractivity contribution in [2.45, 2.75) is 135 Å². The Kier molecular flexibility index (Phi) is 20.4. The second-order valence-corrected chi connectivity index (χ2v) is 18.8. The van der Waals surface area contributed by atoms with Gasteiger partial charge in [0.15, 0.2) is 44.2 Å². The van der Waals surface area contributed by atoms with Crippen LogP contribution >= 0.6 is 0 Å². The van der Waals surface area contributed by atoms with Crippen LogP contribution in [-0.2, 0) is 42.7 Å². The van der Waals surface area contributed by atoms with Gasteiger partial charge in [0, 0.05) is 38.2 Å². The SMILES string of the molecule is COCOc1cc(OCC(F)(F)F)cc2c1C(=O)O[C@@H](C)[C@H](C)/C=C\C(=O)[C@H]1OC(C)(C)O[C@H]1C/C=C/2.COCOc1cc(OCC(F)(F)F)cc2c1C(=O)O[C@@H](C)[C@H](C)/C=C\C(O)[C@H]1OC(C)(C)O[C@H]1C/C=C/2. The van der Waals surface area contributed by atoms with E-state index in [0.29, 0.717) is 0 Å². The van der Waals surface area contributed by atoms with Crippen molar-refractivity contribution in [2.24, 2.45) is 11.8 Å². The number of ether oxygens (including phenoxy) is 12. The lowest BCUT2D eigenvalue weighted by atomic mass is 9.99. The molecule has 6 rings (SSSR count). The van der Waals surface area contributed by atoms with Crippen LogP contribution < -0.4 is 18.9 Å². The largest absolute Gasteiger partial charge is 0.484 e. The number of carbonyl (C=O) groups excluding carboxylic acids is 3. The van der Waals surface area contributed by atoms with Gasteiger partial charge >= 0.3 is 24.3 Å². The molecular weight excluding hydrogens is 995 g/mol. The minimum atomic E-state index is -4.57. The minimum absolute atomic E-state index is 0.00764. The number of cyclic esters (lactones) is 2. The molecule has 2 saturated heterocycles. The molecule has 2 aromatic rings. The first kappa shape index (κ1) is 59.4. The van der Waals surface area contributed by atoms with E-state index in [1.54, 1.807) is 84.9 Å². The van der Waals surface area contributed by atoms with Gasteiger partial charge in [-0.1, -0.05) is 56.4 Å². The first-order chi connectivity index (χ1) is 34.6. The highest BCUT2D eigenvalue weighted by Crippen LogP contribution is 2.38. The van der Waals surface area contributed by atoms with Gasteiger partial charge in [0.05, 0.1) is 12.2 Å². The predicted octanol–water partition coefficient (Wildman–Crippen LogP) is 9.50. The molecule has 0 aliphatic carbocycles. The number of hydrogen-bond donors (Lipinski definition) is 1. The molecule has 2 fully saturated rings. The van der Waals surface area contributed by atoms with E-state index < -0.39 is 91.8 Å². The first-order valence-electron chi connectivity index (χ1n) is 23.6. The third-order valence-corrected chi connectivity index (χ3v) is 11.7. The fourth-order valence-corrected chi connectivity index (χ4v) is 7.86. The van der Waals surface area contributed by atoms with E-state index in [1.807, 2.05) is 6.92 Å². The summed E-state index contributed by atoms with van der Waals surface area (Å²) in [5.41, 5.74) is 0.417. The Morgan fingerprint density at radius 2 is 1.04 bits per heavy atom. The summed E-state index contributed by atoms with van der Waals surface area (Å²) < 4.78 is 142. The standard InChI is InChI=1S/C26H33F3O8.C26H31F3O8/c2*1-15-9-10-19(30)23-20(36-25(3,4)37-23)8-6-7-17-11-18(33-13-26(27,28)29)12-21(34-14-32-5)22(17)24(31)35-16(15)2/h6-7,9-12,15-16,19-20,23,30H,8,13-14H2,1-5H3;6-7,9-12,15-16,20,23H,8,13-14H2,1-5H3/b2*7-6+,10-9-/t15-,16+,19?,20+,23-;15-,16+,20+,23-/m11/s1. The van der Waals surface area contributed by atoms with Crippen molar-refractivity contribution in [1.82, 2.24) is 0 Å². The van der Waals surface area contributed by atoms with Crippen molar-refractivity contribution in [3.63, 3.8) is 0 Å². The molecule has 1 N–H and O–H groups in total. The zero-order chi connectivity index (χ0) is 54.8. The predicted molar refractivity (Wildman–Crippen MR) is 253 cm³/mol. The Labute approximate surface area is 425 Å². The Hall–Kier alpha value is -5.49. The quantitative estimate of drug-likeness (QED) is 0.103. The molecule has 74 heavy (non-hydrogen) atoms. The van der Waals surface area contributed by atoms with E-state index in [0.717, 1.165) is 0 Å². The molecule has 4 aliphatic heterocycles. The highest BCUT2D eigenvalue weighted by molar-refractivity contribution is 5.98. The number of aliphatic hydroxyl groups is 1. The molecule has 0 radical (unpaired) electrons. The van der Waals surface area contributed by atoms with Gasteiger partial charge in [0.25, 0.3) is 0 Å². The van der Waals surface area contributed by atoms with Crippen LogP contribution in [0.15, 0.2) is 60.7 Å². The van der Waals surface area contributed by atoms with Crippen LogP contribution in [0.4, 0.5) is 26.3 Å². The Morgan fingerprint density at radius 1 is 0.595 bits per heavy atom. The molecule has 16 nitrogen and oxygen atoms in total. The number of rotatable bonds is 10. The monoisotopic (exact) mass is 1060 g/mol. The zero-order valence-electron chi connectivity index (χ0n) is 42.7. The summed E-state index contributed by atoms with van der Waals surface area (Å²) in [5.74, 6) is -4.77. The molecule has 0 amide bonds. The summed E-state index contributed by atoms with van der Waals surface area (Å²) in [6.07, 6.45) is -0.797. The van der Waals surface area contributed by atoms with Crippen molar-refractivity contribution < 1.29 is 103 Å². The number of aliphatic hydroxyl groups excluding tert-OH is 1. The minimum Gasteiger partial charge on any atom is -0.484 e. The van der Waals surface area contributed by atoms with E-state index in [4.69, 9.17) is 56.8 Å². The summed E-state index contributed by atoms with van der Waals surface area (Å²) in [5, 5.41) is 10.8. The number of esters is 2. The van der Waals surface area contributed by atoms with Crippen molar-refractivity contribution in [3.8, 4) is 23.0 Å². The second-order valence-electron chi connectivity index (χ2n) is 18.8. The average molecular weight is 1060 g/mol. The number of methoxy groups -OCH3 is 2. The summed E-state index contributed by atoms with van der Waals surface area (Å²) >= 11 is 0. The number of fused-ring (bicyclic) bond motifs is 4. The molecule has 4 aliphatic rings. The molecule has 0 saturated carbocycles.